The summed E-state index contributed by atoms with van der Waals surface area (Å²) in [5, 5.41) is 5.62. The summed E-state index contributed by atoms with van der Waals surface area (Å²) in [5.74, 6) is -0.397. The van der Waals surface area contributed by atoms with E-state index >= 15 is 0 Å². The highest BCUT2D eigenvalue weighted by Gasteiger charge is 2.31. The highest BCUT2D eigenvalue weighted by atomic mass is 35.5. The topological polar surface area (TPSA) is 125 Å². The molecule has 1 aliphatic heterocycles. The van der Waals surface area contributed by atoms with E-state index in [4.69, 9.17) is 11.6 Å². The molecular weight excluding hydrogens is 468 g/mol. The maximum Gasteiger partial charge on any atom is 0.328 e. The number of hydrogen-bond donors (Lipinski definition) is 3. The van der Waals surface area contributed by atoms with Crippen LogP contribution >= 0.6 is 11.6 Å². The lowest BCUT2D eigenvalue weighted by Gasteiger charge is -2.15. The number of imide groups is 1. The third-order valence-corrected chi connectivity index (χ3v) is 6.67. The zero-order chi connectivity index (χ0) is 24.0. The Kier molecular flexibility index (Phi) is 7.93. The summed E-state index contributed by atoms with van der Waals surface area (Å²) in [6.45, 7) is 2.79. The molecule has 0 aromatic heterocycles. The van der Waals surface area contributed by atoms with Crippen LogP contribution in [-0.2, 0) is 23.0 Å². The van der Waals surface area contributed by atoms with Gasteiger partial charge in [0.2, 0.25) is 0 Å². The number of amides is 5. The predicted molar refractivity (Wildman–Crippen MR) is 123 cm³/mol. The Morgan fingerprint density at radius 2 is 1.79 bits per heavy atom. The van der Waals surface area contributed by atoms with Crippen molar-refractivity contribution in [3.05, 3.63) is 64.2 Å². The number of rotatable bonds is 8. The second-order valence-electron chi connectivity index (χ2n) is 7.53. The normalized spacial score (nSPS) is 12.9. The minimum absolute atomic E-state index is 0.0417. The average Bonchev–Trinajstić information content (AvgIpc) is 3.10. The lowest BCUT2D eigenvalue weighted by atomic mass is 10.1. The number of halogens is 1. The van der Waals surface area contributed by atoms with Gasteiger partial charge in [-0.15, -0.1) is 0 Å². The first-order chi connectivity index (χ1) is 15.7. The molecule has 0 aliphatic carbocycles. The van der Waals surface area contributed by atoms with Gasteiger partial charge in [0.05, 0.1) is 11.4 Å². The molecule has 11 heteroatoms. The van der Waals surface area contributed by atoms with Gasteiger partial charge in [-0.2, -0.15) is 0 Å². The summed E-state index contributed by atoms with van der Waals surface area (Å²) in [6, 6.07) is 9.66. The molecule has 3 rings (SSSR count). The third kappa shape index (κ3) is 6.23. The molecule has 1 aliphatic rings. The van der Waals surface area contributed by atoms with Crippen LogP contribution < -0.4 is 15.4 Å². The molecule has 0 atom stereocenters. The molecule has 0 unspecified atom stereocenters. The summed E-state index contributed by atoms with van der Waals surface area (Å²) in [4.78, 5) is 37.6. The van der Waals surface area contributed by atoms with Crippen molar-refractivity contribution in [2.45, 2.75) is 37.6 Å². The van der Waals surface area contributed by atoms with E-state index in [-0.39, 0.29) is 18.0 Å². The van der Waals surface area contributed by atoms with Crippen molar-refractivity contribution in [3.8, 4) is 0 Å². The highest BCUT2D eigenvalue weighted by molar-refractivity contribution is 7.90. The number of fused-ring (bicyclic) bond motifs is 1. The van der Waals surface area contributed by atoms with Gasteiger partial charge in [-0.1, -0.05) is 43.1 Å². The van der Waals surface area contributed by atoms with Crippen LogP contribution in [0.3, 0.4) is 0 Å². The predicted octanol–water partition coefficient (Wildman–Crippen LogP) is 3.04. The maximum absolute atomic E-state index is 12.4. The van der Waals surface area contributed by atoms with E-state index in [1.165, 1.54) is 12.1 Å². The number of hydrogen-bond acceptors (Lipinski definition) is 5. The zero-order valence-electron chi connectivity index (χ0n) is 18.1. The first kappa shape index (κ1) is 24.5. The highest BCUT2D eigenvalue weighted by Crippen LogP contribution is 2.25. The molecule has 176 valence electrons. The first-order valence-corrected chi connectivity index (χ1v) is 12.3. The minimum Gasteiger partial charge on any atom is -0.337 e. The number of nitrogens with one attached hydrogen (secondary N) is 3. The van der Waals surface area contributed by atoms with E-state index in [2.05, 4.69) is 10.6 Å². The fourth-order valence-corrected chi connectivity index (χ4v) is 4.38. The second-order valence-corrected chi connectivity index (χ2v) is 9.65. The van der Waals surface area contributed by atoms with Gasteiger partial charge in [0, 0.05) is 23.7 Å². The summed E-state index contributed by atoms with van der Waals surface area (Å²) in [6.07, 6.45) is 2.07. The number of carbonyl (C=O) groups excluding carboxylic acids is 3. The number of nitrogens with zero attached hydrogens (tertiary/aromatic N) is 1. The summed E-state index contributed by atoms with van der Waals surface area (Å²) in [7, 11) is -3.98. The van der Waals surface area contributed by atoms with E-state index < -0.39 is 28.0 Å². The van der Waals surface area contributed by atoms with Crippen LogP contribution in [0.25, 0.3) is 0 Å². The quantitative estimate of drug-likeness (QED) is 0.488. The van der Waals surface area contributed by atoms with Crippen molar-refractivity contribution in [1.82, 2.24) is 20.3 Å². The van der Waals surface area contributed by atoms with Gasteiger partial charge in [0.15, 0.2) is 0 Å². The Hall–Kier alpha value is -3.11. The van der Waals surface area contributed by atoms with Gasteiger partial charge >= 0.3 is 12.1 Å². The molecule has 5 amide bonds. The molecule has 2 aromatic carbocycles. The van der Waals surface area contributed by atoms with Gasteiger partial charge in [-0.05, 0) is 48.2 Å². The molecule has 0 radical (unpaired) electrons. The monoisotopic (exact) mass is 492 g/mol. The Morgan fingerprint density at radius 1 is 1.06 bits per heavy atom. The van der Waals surface area contributed by atoms with Crippen molar-refractivity contribution < 1.29 is 22.8 Å². The largest absolute Gasteiger partial charge is 0.337 e. The Bertz CT molecular complexity index is 1150. The molecule has 9 nitrogen and oxygen atoms in total. The zero-order valence-corrected chi connectivity index (χ0v) is 19.6. The van der Waals surface area contributed by atoms with Crippen LogP contribution in [0.5, 0.6) is 0 Å². The van der Waals surface area contributed by atoms with E-state index in [0.717, 1.165) is 28.9 Å². The number of carbonyl (C=O) groups is 3. The second kappa shape index (κ2) is 10.7. The minimum atomic E-state index is -3.98. The number of sulfonamides is 1. The van der Waals surface area contributed by atoms with Crippen LogP contribution in [0.15, 0.2) is 47.4 Å². The third-order valence-electron chi connectivity index (χ3n) is 5.09. The molecule has 33 heavy (non-hydrogen) atoms. The molecule has 0 fully saturated rings. The maximum atomic E-state index is 12.4. The SMILES string of the molecule is CCCCNC(=O)NS(=O)(=O)c1ccc(CCNC(=O)N2Cc3ccc(Cl)cc3C2=O)cc1. The van der Waals surface area contributed by atoms with Crippen LogP contribution in [0.4, 0.5) is 9.59 Å². The summed E-state index contributed by atoms with van der Waals surface area (Å²) < 4.78 is 26.6. The lowest BCUT2D eigenvalue weighted by molar-refractivity contribution is 0.0821. The van der Waals surface area contributed by atoms with Crippen molar-refractivity contribution in [2.75, 3.05) is 13.1 Å². The standard InChI is InChI=1S/C22H25ClN4O5S/c1-2-3-11-24-21(29)26-33(31,32)18-8-4-15(5-9-18)10-12-25-22(30)27-14-16-6-7-17(23)13-19(16)20(27)28/h4-9,13H,2-3,10-12,14H2,1H3,(H,25,30)(H2,24,26,29). The van der Waals surface area contributed by atoms with Gasteiger partial charge in [0.1, 0.15) is 0 Å². The van der Waals surface area contributed by atoms with Crippen molar-refractivity contribution in [3.63, 3.8) is 0 Å². The molecule has 1 heterocycles. The fraction of sp³-hybridized carbons (Fsp3) is 0.318. The van der Waals surface area contributed by atoms with Gasteiger partial charge in [-0.25, -0.2) is 22.7 Å². The van der Waals surface area contributed by atoms with Crippen molar-refractivity contribution >= 4 is 39.6 Å². The summed E-state index contributed by atoms with van der Waals surface area (Å²) >= 11 is 5.92. The molecule has 0 spiro atoms. The fourth-order valence-electron chi connectivity index (χ4n) is 3.28. The van der Waals surface area contributed by atoms with Crippen molar-refractivity contribution in [2.24, 2.45) is 0 Å². The molecule has 3 N–H and O–H groups in total. The van der Waals surface area contributed by atoms with Crippen LogP contribution in [0.1, 0.15) is 41.3 Å². The molecule has 0 bridgehead atoms. The summed E-state index contributed by atoms with van der Waals surface area (Å²) in [5.41, 5.74) is 1.94. The molecule has 2 aromatic rings. The van der Waals surface area contributed by atoms with E-state index in [1.54, 1.807) is 30.3 Å². The van der Waals surface area contributed by atoms with E-state index in [1.807, 2.05) is 11.6 Å². The Balaban J connectivity index is 1.49. The molecule has 0 saturated carbocycles. The van der Waals surface area contributed by atoms with Crippen LogP contribution in [0, 0.1) is 0 Å². The van der Waals surface area contributed by atoms with Gasteiger partial charge < -0.3 is 10.6 Å². The number of benzene rings is 2. The average molecular weight is 493 g/mol. The molecular formula is C22H25ClN4O5S. The lowest BCUT2D eigenvalue weighted by Crippen LogP contribution is -2.40. The first-order valence-electron chi connectivity index (χ1n) is 10.5. The Labute approximate surface area is 197 Å². The number of unbranched alkanes of at least 4 members (excludes halogenated alkanes) is 1. The van der Waals surface area contributed by atoms with Gasteiger partial charge in [-0.3, -0.25) is 9.69 Å². The van der Waals surface area contributed by atoms with E-state index in [9.17, 15) is 22.8 Å². The van der Waals surface area contributed by atoms with Crippen LogP contribution in [0.2, 0.25) is 5.02 Å². The van der Waals surface area contributed by atoms with Crippen LogP contribution in [-0.4, -0.2) is 44.4 Å². The van der Waals surface area contributed by atoms with E-state index in [0.29, 0.717) is 23.6 Å². The van der Waals surface area contributed by atoms with Gasteiger partial charge in [0.25, 0.3) is 15.9 Å². The smallest absolute Gasteiger partial charge is 0.328 e. The van der Waals surface area contributed by atoms with Crippen molar-refractivity contribution in [1.29, 1.82) is 0 Å². The molecule has 0 saturated heterocycles. The Morgan fingerprint density at radius 3 is 2.48 bits per heavy atom. The number of urea groups is 2.